The molecule has 2 aliphatic heterocycles. The molecule has 5 heteroatoms. The van der Waals surface area contributed by atoms with Gasteiger partial charge in [-0.3, -0.25) is 9.69 Å². The van der Waals surface area contributed by atoms with Gasteiger partial charge in [-0.05, 0) is 6.54 Å². The maximum absolute atomic E-state index is 12.2. The van der Waals surface area contributed by atoms with Gasteiger partial charge in [0.05, 0.1) is 6.61 Å². The summed E-state index contributed by atoms with van der Waals surface area (Å²) < 4.78 is 5.57. The van der Waals surface area contributed by atoms with Crippen molar-refractivity contribution in [2.24, 2.45) is 0 Å². The highest BCUT2D eigenvalue weighted by Crippen LogP contribution is 2.08. The zero-order valence-electron chi connectivity index (χ0n) is 9.95. The summed E-state index contributed by atoms with van der Waals surface area (Å²) in [6, 6.07) is 0. The zero-order valence-corrected chi connectivity index (χ0v) is 9.95. The quantitative estimate of drug-likeness (QED) is 0.667. The molecule has 16 heavy (non-hydrogen) atoms. The van der Waals surface area contributed by atoms with Gasteiger partial charge in [0, 0.05) is 39.3 Å². The normalized spacial score (nSPS) is 28.1. The minimum absolute atomic E-state index is 0.166. The number of likely N-dealkylation sites (N-methyl/N-ethyl adjacent to an activating group) is 1. The molecule has 2 saturated heterocycles. The topological polar surface area (TPSA) is 44.8 Å². The van der Waals surface area contributed by atoms with E-state index in [9.17, 15) is 4.79 Å². The molecule has 2 rings (SSSR count). The van der Waals surface area contributed by atoms with Gasteiger partial charge < -0.3 is 15.0 Å². The number of hydrogen-bond donors (Lipinski definition) is 1. The first-order chi connectivity index (χ1) is 7.81. The van der Waals surface area contributed by atoms with Gasteiger partial charge in [0.15, 0.2) is 0 Å². The van der Waals surface area contributed by atoms with Crippen LogP contribution in [0.15, 0.2) is 0 Å². The summed E-state index contributed by atoms with van der Waals surface area (Å²) in [6.45, 7) is 8.91. The van der Waals surface area contributed by atoms with Gasteiger partial charge >= 0.3 is 0 Å². The molecule has 0 radical (unpaired) electrons. The van der Waals surface area contributed by atoms with Crippen LogP contribution < -0.4 is 5.32 Å². The Bertz CT molecular complexity index is 241. The third kappa shape index (κ3) is 2.72. The number of rotatable bonds is 2. The van der Waals surface area contributed by atoms with E-state index < -0.39 is 0 Å². The largest absolute Gasteiger partial charge is 0.366 e. The second-order valence-electron chi connectivity index (χ2n) is 4.33. The van der Waals surface area contributed by atoms with E-state index in [1.165, 1.54) is 0 Å². The molecule has 1 amide bonds. The van der Waals surface area contributed by atoms with Crippen molar-refractivity contribution >= 4 is 5.91 Å². The smallest absolute Gasteiger partial charge is 0.253 e. The van der Waals surface area contributed by atoms with E-state index in [0.717, 1.165) is 45.8 Å². The molecule has 0 spiro atoms. The highest BCUT2D eigenvalue weighted by atomic mass is 16.5. The molecule has 0 aromatic heterocycles. The number of carbonyl (C=O) groups is 1. The SMILES string of the molecule is CCN1CCOC(C(=O)N2CCNCC2)C1. The maximum atomic E-state index is 12.2. The van der Waals surface area contributed by atoms with Crippen molar-refractivity contribution in [1.82, 2.24) is 15.1 Å². The Morgan fingerprint density at radius 3 is 2.81 bits per heavy atom. The van der Waals surface area contributed by atoms with Crippen molar-refractivity contribution in [1.29, 1.82) is 0 Å². The second kappa shape index (κ2) is 5.61. The summed E-state index contributed by atoms with van der Waals surface area (Å²) in [5.41, 5.74) is 0. The summed E-state index contributed by atoms with van der Waals surface area (Å²) in [4.78, 5) is 16.4. The molecule has 2 fully saturated rings. The van der Waals surface area contributed by atoms with Crippen LogP contribution in [0.3, 0.4) is 0 Å². The first-order valence-corrected chi connectivity index (χ1v) is 6.14. The number of nitrogens with one attached hydrogen (secondary N) is 1. The van der Waals surface area contributed by atoms with E-state index in [4.69, 9.17) is 4.74 Å². The molecule has 1 atom stereocenters. The Balaban J connectivity index is 1.87. The lowest BCUT2D eigenvalue weighted by molar-refractivity contribution is -0.149. The molecule has 2 heterocycles. The number of morpholine rings is 1. The fraction of sp³-hybridized carbons (Fsp3) is 0.909. The average molecular weight is 227 g/mol. The van der Waals surface area contributed by atoms with Gasteiger partial charge in [-0.1, -0.05) is 6.92 Å². The second-order valence-corrected chi connectivity index (χ2v) is 4.33. The molecule has 2 aliphatic rings. The van der Waals surface area contributed by atoms with Crippen molar-refractivity contribution in [2.75, 3.05) is 52.4 Å². The molecule has 0 bridgehead atoms. The van der Waals surface area contributed by atoms with Gasteiger partial charge in [-0.25, -0.2) is 0 Å². The highest BCUT2D eigenvalue weighted by Gasteiger charge is 2.30. The molecular formula is C11H21N3O2. The number of nitrogens with zero attached hydrogens (tertiary/aromatic N) is 2. The van der Waals surface area contributed by atoms with Crippen LogP contribution in [0.25, 0.3) is 0 Å². The standard InChI is InChI=1S/C11H21N3O2/c1-2-13-7-8-16-10(9-13)11(15)14-5-3-12-4-6-14/h10,12H,2-9H2,1H3. The molecule has 0 aromatic rings. The Hall–Kier alpha value is -0.650. The fourth-order valence-electron chi connectivity index (χ4n) is 2.23. The Morgan fingerprint density at radius 2 is 2.12 bits per heavy atom. The van der Waals surface area contributed by atoms with Gasteiger partial charge in [0.25, 0.3) is 5.91 Å². The molecule has 0 aliphatic carbocycles. The van der Waals surface area contributed by atoms with Gasteiger partial charge in [-0.2, -0.15) is 0 Å². The van der Waals surface area contributed by atoms with E-state index in [0.29, 0.717) is 6.61 Å². The van der Waals surface area contributed by atoms with E-state index in [1.807, 2.05) is 4.90 Å². The molecule has 0 aromatic carbocycles. The van der Waals surface area contributed by atoms with Crippen molar-refractivity contribution in [3.05, 3.63) is 0 Å². The molecule has 1 unspecified atom stereocenters. The van der Waals surface area contributed by atoms with Crippen molar-refractivity contribution in [3.63, 3.8) is 0 Å². The van der Waals surface area contributed by atoms with Gasteiger partial charge in [0.1, 0.15) is 6.10 Å². The monoisotopic (exact) mass is 227 g/mol. The highest BCUT2D eigenvalue weighted by molar-refractivity contribution is 5.81. The Labute approximate surface area is 96.7 Å². The lowest BCUT2D eigenvalue weighted by atomic mass is 10.2. The van der Waals surface area contributed by atoms with Crippen LogP contribution in [-0.2, 0) is 9.53 Å². The number of hydrogen-bond acceptors (Lipinski definition) is 4. The van der Waals surface area contributed by atoms with Crippen LogP contribution in [-0.4, -0.2) is 74.2 Å². The van der Waals surface area contributed by atoms with Crippen LogP contribution in [0.5, 0.6) is 0 Å². The number of carbonyl (C=O) groups excluding carboxylic acids is 1. The first-order valence-electron chi connectivity index (χ1n) is 6.14. The lowest BCUT2D eigenvalue weighted by Crippen LogP contribution is -2.55. The summed E-state index contributed by atoms with van der Waals surface area (Å²) >= 11 is 0. The van der Waals surface area contributed by atoms with Crippen molar-refractivity contribution in [3.8, 4) is 0 Å². The van der Waals surface area contributed by atoms with Crippen molar-refractivity contribution < 1.29 is 9.53 Å². The van der Waals surface area contributed by atoms with Crippen LogP contribution in [0.2, 0.25) is 0 Å². The minimum Gasteiger partial charge on any atom is -0.366 e. The average Bonchev–Trinajstić information content (AvgIpc) is 2.39. The minimum atomic E-state index is -0.244. The van der Waals surface area contributed by atoms with Crippen LogP contribution >= 0.6 is 0 Å². The number of amides is 1. The van der Waals surface area contributed by atoms with Crippen LogP contribution in [0.1, 0.15) is 6.92 Å². The number of piperazine rings is 1. The van der Waals surface area contributed by atoms with E-state index in [1.54, 1.807) is 0 Å². The van der Waals surface area contributed by atoms with Crippen LogP contribution in [0, 0.1) is 0 Å². The number of ether oxygens (including phenoxy) is 1. The summed E-state index contributed by atoms with van der Waals surface area (Å²) in [5, 5.41) is 3.25. The maximum Gasteiger partial charge on any atom is 0.253 e. The van der Waals surface area contributed by atoms with E-state index in [-0.39, 0.29) is 12.0 Å². The van der Waals surface area contributed by atoms with E-state index in [2.05, 4.69) is 17.1 Å². The van der Waals surface area contributed by atoms with Gasteiger partial charge in [-0.15, -0.1) is 0 Å². The zero-order chi connectivity index (χ0) is 11.4. The summed E-state index contributed by atoms with van der Waals surface area (Å²) in [5.74, 6) is 0.166. The molecule has 1 N–H and O–H groups in total. The predicted octanol–water partition coefficient (Wildman–Crippen LogP) is -0.861. The Kier molecular flexibility index (Phi) is 4.15. The third-order valence-corrected chi connectivity index (χ3v) is 3.30. The molecule has 92 valence electrons. The summed E-state index contributed by atoms with van der Waals surface area (Å²) in [7, 11) is 0. The van der Waals surface area contributed by atoms with Gasteiger partial charge in [0.2, 0.25) is 0 Å². The fourth-order valence-corrected chi connectivity index (χ4v) is 2.23. The molecule has 0 saturated carbocycles. The van der Waals surface area contributed by atoms with Crippen LogP contribution in [0.4, 0.5) is 0 Å². The lowest BCUT2D eigenvalue weighted by Gasteiger charge is -2.35. The predicted molar refractivity (Wildman–Crippen MR) is 61.3 cm³/mol. The first kappa shape index (κ1) is 11.8. The Morgan fingerprint density at radius 1 is 1.38 bits per heavy atom. The third-order valence-electron chi connectivity index (χ3n) is 3.30. The van der Waals surface area contributed by atoms with Crippen molar-refractivity contribution in [2.45, 2.75) is 13.0 Å². The molecular weight excluding hydrogens is 206 g/mol. The summed E-state index contributed by atoms with van der Waals surface area (Å²) in [6.07, 6.45) is -0.244. The molecule has 5 nitrogen and oxygen atoms in total. The van der Waals surface area contributed by atoms with E-state index >= 15 is 0 Å².